The van der Waals surface area contributed by atoms with Crippen LogP contribution in [0.1, 0.15) is 25.3 Å². The summed E-state index contributed by atoms with van der Waals surface area (Å²) in [6, 6.07) is 31.8. The molecular weight excluding hydrogens is 494 g/mol. The summed E-state index contributed by atoms with van der Waals surface area (Å²) < 4.78 is 7.54. The van der Waals surface area contributed by atoms with Crippen LogP contribution in [0, 0.1) is 0 Å². The van der Waals surface area contributed by atoms with Crippen LogP contribution in [-0.2, 0) is 4.79 Å². The summed E-state index contributed by atoms with van der Waals surface area (Å²) in [6.45, 7) is 4.25. The fourth-order valence-electron chi connectivity index (χ4n) is 4.04. The number of carbonyl (C=O) groups excluding carboxylic acids is 1. The van der Waals surface area contributed by atoms with Crippen LogP contribution in [0.25, 0.3) is 16.6 Å². The minimum Gasteiger partial charge on any atom is -0.455 e. The van der Waals surface area contributed by atoms with Gasteiger partial charge in [-0.15, -0.1) is 0 Å². The third-order valence-corrected chi connectivity index (χ3v) is 6.97. The Kier molecular flexibility index (Phi) is 7.56. The number of thioether (sulfide) groups is 1. The number of benzene rings is 4. The van der Waals surface area contributed by atoms with E-state index in [1.807, 2.05) is 84.9 Å². The molecular formula is C31H27N3O3S. The Morgan fingerprint density at radius 3 is 2.34 bits per heavy atom. The number of aromatic nitrogens is 2. The van der Waals surface area contributed by atoms with Crippen LogP contribution in [-0.4, -0.2) is 21.2 Å². The Morgan fingerprint density at radius 1 is 0.895 bits per heavy atom. The zero-order chi connectivity index (χ0) is 26.5. The molecule has 0 fully saturated rings. The smallest absolute Gasteiger partial charge is 0.266 e. The zero-order valence-electron chi connectivity index (χ0n) is 21.1. The van der Waals surface area contributed by atoms with Gasteiger partial charge >= 0.3 is 0 Å². The van der Waals surface area contributed by atoms with Gasteiger partial charge in [0.05, 0.1) is 28.0 Å². The predicted molar refractivity (Wildman–Crippen MR) is 154 cm³/mol. The van der Waals surface area contributed by atoms with Crippen LogP contribution in [0.15, 0.2) is 113 Å². The molecule has 4 aromatic carbocycles. The summed E-state index contributed by atoms with van der Waals surface area (Å²) in [5.74, 6) is 1.43. The number of rotatable bonds is 8. The third kappa shape index (κ3) is 5.63. The fraction of sp³-hybridized carbons (Fsp3) is 0.129. The summed E-state index contributed by atoms with van der Waals surface area (Å²) in [5, 5.41) is 3.91. The number of anilines is 1. The van der Waals surface area contributed by atoms with E-state index in [9.17, 15) is 9.59 Å². The second-order valence-corrected chi connectivity index (χ2v) is 9.99. The molecule has 0 aliphatic carbocycles. The van der Waals surface area contributed by atoms with Gasteiger partial charge in [0.15, 0.2) is 10.9 Å². The van der Waals surface area contributed by atoms with Crippen LogP contribution >= 0.6 is 11.8 Å². The molecule has 0 unspecified atom stereocenters. The predicted octanol–water partition coefficient (Wildman–Crippen LogP) is 7.03. The highest BCUT2D eigenvalue weighted by Crippen LogP contribution is 2.30. The van der Waals surface area contributed by atoms with Gasteiger partial charge in [-0.2, -0.15) is 0 Å². The standard InChI is InChI=1S/C31H27N3O3S/c1-21(2)22-16-18-23(19-17-22)34-30(36)25-12-6-7-13-26(25)33-31(34)38-20-29(35)32-27-14-8-9-15-28(27)37-24-10-4-3-5-11-24/h3-19,21H,20H2,1-2H3,(H,32,35). The minimum atomic E-state index is -0.233. The van der Waals surface area contributed by atoms with Gasteiger partial charge < -0.3 is 10.1 Å². The van der Waals surface area contributed by atoms with Gasteiger partial charge in [-0.05, 0) is 60.0 Å². The highest BCUT2D eigenvalue weighted by atomic mass is 32.2. The molecule has 0 aliphatic heterocycles. The first-order chi connectivity index (χ1) is 18.5. The summed E-state index contributed by atoms with van der Waals surface area (Å²) in [4.78, 5) is 31.3. The molecule has 0 atom stereocenters. The van der Waals surface area contributed by atoms with E-state index < -0.39 is 0 Å². The molecule has 0 aliphatic rings. The number of para-hydroxylation sites is 4. The van der Waals surface area contributed by atoms with Crippen LogP contribution in [0.3, 0.4) is 0 Å². The van der Waals surface area contributed by atoms with Crippen molar-refractivity contribution in [3.05, 3.63) is 119 Å². The van der Waals surface area contributed by atoms with Crippen LogP contribution in [0.2, 0.25) is 0 Å². The molecule has 1 heterocycles. The summed E-state index contributed by atoms with van der Waals surface area (Å²) in [7, 11) is 0. The van der Waals surface area contributed by atoms with Crippen molar-refractivity contribution in [3.8, 4) is 17.2 Å². The first-order valence-electron chi connectivity index (χ1n) is 12.4. The summed E-state index contributed by atoms with van der Waals surface area (Å²) in [5.41, 5.74) is 2.88. The van der Waals surface area contributed by atoms with E-state index >= 15 is 0 Å². The molecule has 38 heavy (non-hydrogen) atoms. The van der Waals surface area contributed by atoms with Crippen molar-refractivity contribution in [2.75, 3.05) is 11.1 Å². The maximum atomic E-state index is 13.5. The Labute approximate surface area is 225 Å². The molecule has 0 saturated carbocycles. The average molecular weight is 522 g/mol. The van der Waals surface area contributed by atoms with Crippen LogP contribution < -0.4 is 15.6 Å². The molecule has 6 nitrogen and oxygen atoms in total. The van der Waals surface area contributed by atoms with E-state index in [0.717, 1.165) is 0 Å². The first kappa shape index (κ1) is 25.3. The first-order valence-corrected chi connectivity index (χ1v) is 13.3. The van der Waals surface area contributed by atoms with E-state index in [2.05, 4.69) is 19.2 Å². The van der Waals surface area contributed by atoms with E-state index in [1.165, 1.54) is 17.3 Å². The Balaban J connectivity index is 1.40. The fourth-order valence-corrected chi connectivity index (χ4v) is 4.85. The highest BCUT2D eigenvalue weighted by molar-refractivity contribution is 7.99. The largest absolute Gasteiger partial charge is 0.455 e. The molecule has 1 N–H and O–H groups in total. The van der Waals surface area contributed by atoms with Crippen LogP contribution in [0.5, 0.6) is 11.5 Å². The normalized spacial score (nSPS) is 11.0. The third-order valence-electron chi connectivity index (χ3n) is 6.03. The number of carbonyl (C=O) groups is 1. The molecule has 1 amide bonds. The maximum absolute atomic E-state index is 13.5. The van der Waals surface area contributed by atoms with E-state index in [1.54, 1.807) is 22.8 Å². The van der Waals surface area contributed by atoms with Gasteiger partial charge in [-0.1, -0.05) is 80.2 Å². The molecule has 190 valence electrons. The van der Waals surface area contributed by atoms with Crippen molar-refractivity contribution < 1.29 is 9.53 Å². The van der Waals surface area contributed by atoms with Crippen molar-refractivity contribution in [1.29, 1.82) is 0 Å². The lowest BCUT2D eigenvalue weighted by molar-refractivity contribution is -0.113. The van der Waals surface area contributed by atoms with Crippen LogP contribution in [0.4, 0.5) is 5.69 Å². The molecule has 1 aromatic heterocycles. The van der Waals surface area contributed by atoms with Gasteiger partial charge in [-0.25, -0.2) is 4.98 Å². The summed E-state index contributed by atoms with van der Waals surface area (Å²) in [6.07, 6.45) is 0. The van der Waals surface area contributed by atoms with E-state index in [-0.39, 0.29) is 17.2 Å². The Hall–Kier alpha value is -4.36. The van der Waals surface area contributed by atoms with Crippen molar-refractivity contribution in [2.45, 2.75) is 24.9 Å². The second kappa shape index (κ2) is 11.4. The SMILES string of the molecule is CC(C)c1ccc(-n2c(SCC(=O)Nc3ccccc3Oc3ccccc3)nc3ccccc3c2=O)cc1. The number of ether oxygens (including phenoxy) is 1. The Morgan fingerprint density at radius 2 is 1.58 bits per heavy atom. The van der Waals surface area contributed by atoms with E-state index in [0.29, 0.717) is 44.9 Å². The van der Waals surface area contributed by atoms with E-state index in [4.69, 9.17) is 9.72 Å². The van der Waals surface area contributed by atoms with Gasteiger partial charge in [0.1, 0.15) is 5.75 Å². The molecule has 0 radical (unpaired) electrons. The topological polar surface area (TPSA) is 73.2 Å². The van der Waals surface area contributed by atoms with Crippen molar-refractivity contribution >= 4 is 34.3 Å². The number of nitrogens with one attached hydrogen (secondary N) is 1. The zero-order valence-corrected chi connectivity index (χ0v) is 21.9. The van der Waals surface area contributed by atoms with Crippen molar-refractivity contribution in [3.63, 3.8) is 0 Å². The molecule has 0 saturated heterocycles. The monoisotopic (exact) mass is 521 g/mol. The molecule has 5 aromatic rings. The number of hydrogen-bond donors (Lipinski definition) is 1. The lowest BCUT2D eigenvalue weighted by Crippen LogP contribution is -2.23. The minimum absolute atomic E-state index is 0.0640. The molecule has 0 bridgehead atoms. The molecule has 5 rings (SSSR count). The van der Waals surface area contributed by atoms with Gasteiger partial charge in [0, 0.05) is 0 Å². The van der Waals surface area contributed by atoms with Crippen molar-refractivity contribution in [2.24, 2.45) is 0 Å². The number of amides is 1. The lowest BCUT2D eigenvalue weighted by atomic mass is 10.0. The Bertz CT molecular complexity index is 1630. The van der Waals surface area contributed by atoms with Crippen molar-refractivity contribution in [1.82, 2.24) is 9.55 Å². The maximum Gasteiger partial charge on any atom is 0.266 e. The average Bonchev–Trinajstić information content (AvgIpc) is 2.94. The highest BCUT2D eigenvalue weighted by Gasteiger charge is 2.16. The quantitative estimate of drug-likeness (QED) is 0.175. The lowest BCUT2D eigenvalue weighted by Gasteiger charge is -2.15. The molecule has 0 spiro atoms. The number of nitrogens with zero attached hydrogens (tertiary/aromatic N) is 2. The van der Waals surface area contributed by atoms with Gasteiger partial charge in [0.2, 0.25) is 5.91 Å². The molecule has 7 heteroatoms. The summed E-state index contributed by atoms with van der Waals surface area (Å²) >= 11 is 1.22. The van der Waals surface area contributed by atoms with Gasteiger partial charge in [-0.3, -0.25) is 14.2 Å². The number of fused-ring (bicyclic) bond motifs is 1. The number of hydrogen-bond acceptors (Lipinski definition) is 5. The second-order valence-electron chi connectivity index (χ2n) is 9.05. The van der Waals surface area contributed by atoms with Gasteiger partial charge in [0.25, 0.3) is 5.56 Å².